The molecule has 1 unspecified atom stereocenters. The number of hydrogen-bond acceptors (Lipinski definition) is 10. The minimum absolute atomic E-state index is 0.0502. The van der Waals surface area contributed by atoms with Gasteiger partial charge in [-0.2, -0.15) is 4.31 Å². The maximum absolute atomic E-state index is 13.5. The summed E-state index contributed by atoms with van der Waals surface area (Å²) < 4.78 is 28.2. The van der Waals surface area contributed by atoms with Crippen LogP contribution in [0, 0.1) is 17.0 Å². The van der Waals surface area contributed by atoms with Crippen molar-refractivity contribution in [3.8, 4) is 0 Å². The molecule has 12 nitrogen and oxygen atoms in total. The van der Waals surface area contributed by atoms with E-state index in [0.29, 0.717) is 18.7 Å². The summed E-state index contributed by atoms with van der Waals surface area (Å²) in [5.41, 5.74) is 0.198. The van der Waals surface area contributed by atoms with Crippen molar-refractivity contribution in [3.63, 3.8) is 0 Å². The van der Waals surface area contributed by atoms with Crippen molar-refractivity contribution in [3.05, 3.63) is 27.8 Å². The van der Waals surface area contributed by atoms with E-state index in [1.807, 2.05) is 4.90 Å². The first kappa shape index (κ1) is 25.4. The molecule has 1 aromatic carbocycles. The van der Waals surface area contributed by atoms with Crippen LogP contribution in [0.4, 0.5) is 11.4 Å². The molecule has 0 bridgehead atoms. The molecule has 1 aliphatic heterocycles. The highest BCUT2D eigenvalue weighted by atomic mass is 32.2. The maximum Gasteiger partial charge on any atom is 0.271 e. The van der Waals surface area contributed by atoms with Crippen molar-refractivity contribution in [1.29, 1.82) is 0 Å². The Kier molecular flexibility index (Phi) is 9.12. The second-order valence-corrected chi connectivity index (χ2v) is 9.25. The van der Waals surface area contributed by atoms with Crippen LogP contribution in [0.5, 0.6) is 0 Å². The summed E-state index contributed by atoms with van der Waals surface area (Å²) in [5, 5.41) is 48.7. The highest BCUT2D eigenvalue weighted by Gasteiger charge is 2.34. The summed E-state index contributed by atoms with van der Waals surface area (Å²) in [6, 6.07) is 2.28. The van der Waals surface area contributed by atoms with Crippen molar-refractivity contribution >= 4 is 21.4 Å². The van der Waals surface area contributed by atoms with Crippen LogP contribution in [0.3, 0.4) is 0 Å². The molecule has 0 spiro atoms. The number of nitro benzene ring substituents is 1. The zero-order valence-electron chi connectivity index (χ0n) is 17.4. The van der Waals surface area contributed by atoms with Gasteiger partial charge in [0.1, 0.15) is 4.90 Å². The van der Waals surface area contributed by atoms with Gasteiger partial charge in [0.15, 0.2) is 0 Å². The first-order chi connectivity index (χ1) is 14.6. The number of aliphatic hydroxyl groups is 4. The van der Waals surface area contributed by atoms with E-state index in [0.717, 1.165) is 6.07 Å². The predicted octanol–water partition coefficient (Wildman–Crippen LogP) is -1.65. The summed E-state index contributed by atoms with van der Waals surface area (Å²) in [5.74, 6) is 0. The second kappa shape index (κ2) is 11.1. The fraction of sp³-hybridized carbons (Fsp3) is 0.667. The third-order valence-corrected chi connectivity index (χ3v) is 7.06. The highest BCUT2D eigenvalue weighted by molar-refractivity contribution is 7.89. The molecular weight excluding hydrogens is 432 g/mol. The lowest BCUT2D eigenvalue weighted by molar-refractivity contribution is -0.385. The van der Waals surface area contributed by atoms with E-state index in [4.69, 9.17) is 5.11 Å². The molecule has 1 saturated heterocycles. The monoisotopic (exact) mass is 462 g/mol. The van der Waals surface area contributed by atoms with Gasteiger partial charge in [0.25, 0.3) is 5.69 Å². The molecule has 0 aromatic heterocycles. The van der Waals surface area contributed by atoms with Gasteiger partial charge in [-0.1, -0.05) is 0 Å². The molecule has 0 saturated carbocycles. The highest BCUT2D eigenvalue weighted by Crippen LogP contribution is 2.35. The molecule has 1 atom stereocenters. The van der Waals surface area contributed by atoms with Crippen LogP contribution in [-0.4, -0.2) is 115 Å². The van der Waals surface area contributed by atoms with Crippen LogP contribution in [0.15, 0.2) is 17.0 Å². The lowest BCUT2D eigenvalue weighted by atomic mass is 10.1. The molecule has 31 heavy (non-hydrogen) atoms. The average Bonchev–Trinajstić information content (AvgIpc) is 2.73. The number of anilines is 1. The van der Waals surface area contributed by atoms with E-state index < -0.39 is 21.1 Å². The lowest BCUT2D eigenvalue weighted by Gasteiger charge is -2.35. The standard InChI is InChI=1S/C18H30N4O8S/c1-14-10-15(22(27)28)11-17(18(14)20(6-8-23)7-9-24)31(29,30)21-4-2-19(3-5-21)12-16(26)13-25/h10-11,16,23-26H,2-9,12-13H2,1H3. The average molecular weight is 463 g/mol. The molecule has 1 aliphatic rings. The van der Waals surface area contributed by atoms with Crippen molar-refractivity contribution in [2.45, 2.75) is 17.9 Å². The zero-order chi connectivity index (χ0) is 23.2. The van der Waals surface area contributed by atoms with Crippen molar-refractivity contribution in [2.75, 3.05) is 70.5 Å². The summed E-state index contributed by atoms with van der Waals surface area (Å²) in [7, 11) is -4.12. The quantitative estimate of drug-likeness (QED) is 0.221. The summed E-state index contributed by atoms with van der Waals surface area (Å²) in [6.07, 6.45) is -0.917. The van der Waals surface area contributed by atoms with Crippen molar-refractivity contribution in [2.24, 2.45) is 0 Å². The van der Waals surface area contributed by atoms with Gasteiger partial charge in [0, 0.05) is 57.9 Å². The molecule has 2 rings (SSSR count). The Labute approximate surface area is 181 Å². The van der Waals surface area contributed by atoms with Gasteiger partial charge < -0.3 is 25.3 Å². The Bertz CT molecular complexity index is 852. The fourth-order valence-electron chi connectivity index (χ4n) is 3.66. The van der Waals surface area contributed by atoms with Crippen molar-refractivity contribution in [1.82, 2.24) is 9.21 Å². The number of hydrogen-bond donors (Lipinski definition) is 4. The first-order valence-corrected chi connectivity index (χ1v) is 11.4. The van der Waals surface area contributed by atoms with Gasteiger partial charge in [-0.05, 0) is 12.5 Å². The number of benzene rings is 1. The first-order valence-electron chi connectivity index (χ1n) is 9.92. The number of sulfonamides is 1. The topological polar surface area (TPSA) is 168 Å². The fourth-order valence-corrected chi connectivity index (χ4v) is 5.39. The molecule has 4 N–H and O–H groups in total. The normalized spacial score (nSPS) is 16.9. The van der Waals surface area contributed by atoms with Gasteiger partial charge >= 0.3 is 0 Å². The molecule has 1 heterocycles. The van der Waals surface area contributed by atoms with Crippen LogP contribution in [0.1, 0.15) is 5.56 Å². The van der Waals surface area contributed by atoms with Crippen LogP contribution >= 0.6 is 0 Å². The number of aliphatic hydroxyl groups excluding tert-OH is 4. The summed E-state index contributed by atoms with van der Waals surface area (Å²) in [4.78, 5) is 13.8. The van der Waals surface area contributed by atoms with Crippen LogP contribution in [0.2, 0.25) is 0 Å². The van der Waals surface area contributed by atoms with Crippen LogP contribution in [0.25, 0.3) is 0 Å². The third-order valence-electron chi connectivity index (χ3n) is 5.15. The van der Waals surface area contributed by atoms with E-state index in [-0.39, 0.29) is 68.8 Å². The molecule has 0 aliphatic carbocycles. The lowest BCUT2D eigenvalue weighted by Crippen LogP contribution is -2.50. The second-order valence-electron chi connectivity index (χ2n) is 7.34. The number of nitrogens with zero attached hydrogens (tertiary/aromatic N) is 4. The number of rotatable bonds is 11. The molecule has 13 heteroatoms. The molecule has 176 valence electrons. The largest absolute Gasteiger partial charge is 0.395 e. The SMILES string of the molecule is Cc1cc([N+](=O)[O-])cc(S(=O)(=O)N2CCN(CC(O)CO)CC2)c1N(CCO)CCO. The van der Waals surface area contributed by atoms with Crippen LogP contribution in [-0.2, 0) is 10.0 Å². The Morgan fingerprint density at radius 2 is 1.71 bits per heavy atom. The van der Waals surface area contributed by atoms with E-state index in [2.05, 4.69) is 0 Å². The van der Waals surface area contributed by atoms with Crippen molar-refractivity contribution < 1.29 is 33.8 Å². The Morgan fingerprint density at radius 1 is 1.13 bits per heavy atom. The van der Waals surface area contributed by atoms with E-state index in [1.54, 1.807) is 6.92 Å². The molecule has 0 radical (unpaired) electrons. The molecular formula is C18H30N4O8S. The Balaban J connectivity index is 2.43. The predicted molar refractivity (Wildman–Crippen MR) is 113 cm³/mol. The van der Waals surface area contributed by atoms with Gasteiger partial charge in [0.2, 0.25) is 10.0 Å². The van der Waals surface area contributed by atoms with E-state index in [1.165, 1.54) is 15.3 Å². The van der Waals surface area contributed by atoms with Gasteiger partial charge in [-0.15, -0.1) is 0 Å². The van der Waals surface area contributed by atoms with E-state index >= 15 is 0 Å². The van der Waals surface area contributed by atoms with Gasteiger partial charge in [-0.25, -0.2) is 8.42 Å². The van der Waals surface area contributed by atoms with Gasteiger partial charge in [-0.3, -0.25) is 15.0 Å². The minimum atomic E-state index is -4.12. The molecule has 1 fully saturated rings. The van der Waals surface area contributed by atoms with Crippen LogP contribution < -0.4 is 4.90 Å². The van der Waals surface area contributed by atoms with Gasteiger partial charge in [0.05, 0.1) is 36.5 Å². The summed E-state index contributed by atoms with van der Waals surface area (Å²) >= 11 is 0. The maximum atomic E-state index is 13.5. The van der Waals surface area contributed by atoms with E-state index in [9.17, 15) is 33.9 Å². The summed E-state index contributed by atoms with van der Waals surface area (Å²) in [6.45, 7) is 1.78. The molecule has 1 aromatic rings. The number of non-ortho nitro benzene ring substituents is 1. The number of piperazine rings is 1. The molecule has 0 amide bonds. The zero-order valence-corrected chi connectivity index (χ0v) is 18.2. The minimum Gasteiger partial charge on any atom is -0.395 e. The Hall–Kier alpha value is -1.87. The number of aryl methyl sites for hydroxylation is 1. The third kappa shape index (κ3) is 6.10. The smallest absolute Gasteiger partial charge is 0.271 e. The number of β-amino-alcohol motifs (C(OH)–C–C–N with tert-alkyl or cyclic N) is 1. The number of nitro groups is 1. The Morgan fingerprint density at radius 3 is 2.19 bits per heavy atom.